The van der Waals surface area contributed by atoms with Crippen molar-refractivity contribution >= 4 is 38.2 Å². The SMILES string of the molecule is O=C(NCc1ccc(S(=O)(=O)c2cc(OC(F)(F)F)ccc2Cl)cc1)c1cc2cnccc2[nH]1. The van der Waals surface area contributed by atoms with Crippen molar-refractivity contribution in [1.82, 2.24) is 15.3 Å². The molecule has 34 heavy (non-hydrogen) atoms. The molecule has 2 heterocycles. The van der Waals surface area contributed by atoms with Gasteiger partial charge in [0, 0.05) is 35.9 Å². The number of aromatic nitrogens is 2. The summed E-state index contributed by atoms with van der Waals surface area (Å²) in [7, 11) is -4.23. The van der Waals surface area contributed by atoms with E-state index in [9.17, 15) is 26.4 Å². The van der Waals surface area contributed by atoms with Crippen LogP contribution in [0, 0.1) is 0 Å². The van der Waals surface area contributed by atoms with E-state index in [1.54, 1.807) is 24.5 Å². The molecule has 0 aliphatic rings. The van der Waals surface area contributed by atoms with Gasteiger partial charge < -0.3 is 15.0 Å². The number of sulfone groups is 1. The van der Waals surface area contributed by atoms with Crippen LogP contribution < -0.4 is 10.1 Å². The van der Waals surface area contributed by atoms with Crippen molar-refractivity contribution in [2.45, 2.75) is 22.7 Å². The van der Waals surface area contributed by atoms with Crippen LogP contribution in [0.5, 0.6) is 5.75 Å². The Labute approximate surface area is 196 Å². The Morgan fingerprint density at radius 2 is 1.82 bits per heavy atom. The van der Waals surface area contributed by atoms with Gasteiger partial charge in [0.2, 0.25) is 9.84 Å². The van der Waals surface area contributed by atoms with Gasteiger partial charge in [-0.2, -0.15) is 0 Å². The number of ether oxygens (including phenoxy) is 1. The largest absolute Gasteiger partial charge is 0.573 e. The minimum Gasteiger partial charge on any atom is -0.406 e. The molecule has 0 aliphatic heterocycles. The maximum absolute atomic E-state index is 12.9. The lowest BCUT2D eigenvalue weighted by atomic mass is 10.2. The van der Waals surface area contributed by atoms with Crippen molar-refractivity contribution < 1.29 is 31.1 Å². The van der Waals surface area contributed by atoms with E-state index < -0.39 is 26.8 Å². The van der Waals surface area contributed by atoms with Crippen molar-refractivity contribution in [1.29, 1.82) is 0 Å². The number of carbonyl (C=O) groups is 1. The fourth-order valence-corrected chi connectivity index (χ4v) is 4.94. The second-order valence-corrected chi connectivity index (χ2v) is 9.44. The van der Waals surface area contributed by atoms with Crippen molar-refractivity contribution in [3.05, 3.63) is 83.3 Å². The Bertz CT molecular complexity index is 1440. The summed E-state index contributed by atoms with van der Waals surface area (Å²) < 4.78 is 67.1. The molecule has 0 spiro atoms. The summed E-state index contributed by atoms with van der Waals surface area (Å²) in [5, 5.41) is 3.25. The van der Waals surface area contributed by atoms with Crippen LogP contribution in [0.25, 0.3) is 10.9 Å². The molecule has 1 amide bonds. The number of halogens is 4. The van der Waals surface area contributed by atoms with E-state index in [-0.39, 0.29) is 22.4 Å². The van der Waals surface area contributed by atoms with Crippen LogP contribution in [-0.2, 0) is 16.4 Å². The first kappa shape index (κ1) is 23.6. The number of nitrogens with zero attached hydrogens (tertiary/aromatic N) is 1. The highest BCUT2D eigenvalue weighted by molar-refractivity contribution is 7.91. The zero-order valence-electron chi connectivity index (χ0n) is 17.1. The van der Waals surface area contributed by atoms with Gasteiger partial charge in [0.1, 0.15) is 11.4 Å². The number of carbonyl (C=O) groups excluding carboxylic acids is 1. The van der Waals surface area contributed by atoms with E-state index in [0.717, 1.165) is 29.1 Å². The summed E-state index contributed by atoms with van der Waals surface area (Å²) >= 11 is 5.93. The Balaban J connectivity index is 1.48. The number of alkyl halides is 3. The van der Waals surface area contributed by atoms with E-state index >= 15 is 0 Å². The zero-order chi connectivity index (χ0) is 24.5. The number of nitrogens with one attached hydrogen (secondary N) is 2. The summed E-state index contributed by atoms with van der Waals surface area (Å²) in [5.41, 5.74) is 1.71. The fraction of sp³-hybridized carbons (Fsp3) is 0.0909. The third kappa shape index (κ3) is 5.15. The molecule has 0 unspecified atom stereocenters. The molecule has 2 aromatic carbocycles. The van der Waals surface area contributed by atoms with Crippen LogP contribution in [0.15, 0.2) is 76.8 Å². The smallest absolute Gasteiger partial charge is 0.406 e. The maximum atomic E-state index is 12.9. The molecule has 7 nitrogen and oxygen atoms in total. The van der Waals surface area contributed by atoms with Crippen molar-refractivity contribution in [3.8, 4) is 5.75 Å². The van der Waals surface area contributed by atoms with Gasteiger partial charge in [0.05, 0.1) is 14.8 Å². The van der Waals surface area contributed by atoms with Gasteiger partial charge in [-0.1, -0.05) is 23.7 Å². The average molecular weight is 510 g/mol. The first-order valence-electron chi connectivity index (χ1n) is 9.63. The van der Waals surface area contributed by atoms with E-state index in [1.165, 1.54) is 24.3 Å². The molecular formula is C22H15ClF3N3O4S. The maximum Gasteiger partial charge on any atom is 0.573 e. The molecule has 0 saturated heterocycles. The number of hydrogen-bond donors (Lipinski definition) is 2. The van der Waals surface area contributed by atoms with Crippen molar-refractivity contribution in [2.24, 2.45) is 0 Å². The first-order valence-corrected chi connectivity index (χ1v) is 11.5. The molecule has 2 N–H and O–H groups in total. The Kier molecular flexibility index (Phi) is 6.24. The normalized spacial score (nSPS) is 12.0. The highest BCUT2D eigenvalue weighted by Crippen LogP contribution is 2.33. The molecule has 4 rings (SSSR count). The van der Waals surface area contributed by atoms with Gasteiger partial charge >= 0.3 is 6.36 Å². The summed E-state index contributed by atoms with van der Waals surface area (Å²) in [6.07, 6.45) is -1.76. The highest BCUT2D eigenvalue weighted by atomic mass is 35.5. The first-order chi connectivity index (χ1) is 16.0. The number of benzene rings is 2. The number of amides is 1. The molecule has 0 bridgehead atoms. The summed E-state index contributed by atoms with van der Waals surface area (Å²) in [6, 6.07) is 11.6. The second kappa shape index (κ2) is 8.99. The number of fused-ring (bicyclic) bond motifs is 1. The second-order valence-electron chi connectivity index (χ2n) is 7.12. The van der Waals surface area contributed by atoms with Gasteiger partial charge in [-0.3, -0.25) is 9.78 Å². The fourth-order valence-electron chi connectivity index (χ4n) is 3.17. The zero-order valence-corrected chi connectivity index (χ0v) is 18.6. The van der Waals surface area contributed by atoms with Gasteiger partial charge in [0.25, 0.3) is 5.91 Å². The lowest BCUT2D eigenvalue weighted by Gasteiger charge is -2.12. The van der Waals surface area contributed by atoms with Crippen LogP contribution in [0.2, 0.25) is 5.02 Å². The average Bonchev–Trinajstić information content (AvgIpc) is 3.22. The Morgan fingerprint density at radius 3 is 2.50 bits per heavy atom. The topological polar surface area (TPSA) is 101 Å². The molecule has 2 aromatic heterocycles. The summed E-state index contributed by atoms with van der Waals surface area (Å²) in [5.74, 6) is -1.07. The highest BCUT2D eigenvalue weighted by Gasteiger charge is 2.32. The molecule has 176 valence electrons. The van der Waals surface area contributed by atoms with Crippen molar-refractivity contribution in [3.63, 3.8) is 0 Å². The molecule has 0 aliphatic carbocycles. The molecule has 0 atom stereocenters. The predicted molar refractivity (Wildman–Crippen MR) is 117 cm³/mol. The summed E-state index contributed by atoms with van der Waals surface area (Å²) in [4.78, 5) is 18.7. The number of rotatable bonds is 6. The number of hydrogen-bond acceptors (Lipinski definition) is 5. The van der Waals surface area contributed by atoms with Crippen molar-refractivity contribution in [2.75, 3.05) is 0 Å². The molecule has 4 aromatic rings. The number of aromatic amines is 1. The number of pyridine rings is 1. The molecule has 0 saturated carbocycles. The Hall–Kier alpha value is -3.57. The minimum atomic E-state index is -4.98. The molecular weight excluding hydrogens is 495 g/mol. The van der Waals surface area contributed by atoms with Crippen LogP contribution in [-0.4, -0.2) is 30.7 Å². The minimum absolute atomic E-state index is 0.114. The van der Waals surface area contributed by atoms with Gasteiger partial charge in [0.15, 0.2) is 0 Å². The Morgan fingerprint density at radius 1 is 1.09 bits per heavy atom. The monoisotopic (exact) mass is 509 g/mol. The standard InChI is InChI=1S/C22H15ClF3N3O4S/c23-17-6-3-15(33-22(24,25)26)10-20(17)34(31,32)16-4-1-13(2-5-16)11-28-21(30)19-9-14-12-27-8-7-18(14)29-19/h1-10,12,29H,11H2,(H,28,30). The van der Waals surface area contributed by atoms with Gasteiger partial charge in [-0.25, -0.2) is 8.42 Å². The third-order valence-electron chi connectivity index (χ3n) is 4.78. The van der Waals surface area contributed by atoms with Gasteiger partial charge in [-0.15, -0.1) is 13.2 Å². The molecule has 12 heteroatoms. The van der Waals surface area contributed by atoms with E-state index in [4.69, 9.17) is 11.6 Å². The number of H-pyrrole nitrogens is 1. The van der Waals surface area contributed by atoms with E-state index in [2.05, 4.69) is 20.0 Å². The van der Waals surface area contributed by atoms with E-state index in [0.29, 0.717) is 11.3 Å². The van der Waals surface area contributed by atoms with Crippen LogP contribution in [0.3, 0.4) is 0 Å². The lowest BCUT2D eigenvalue weighted by molar-refractivity contribution is -0.274. The molecule has 0 fully saturated rings. The van der Waals surface area contributed by atoms with Crippen LogP contribution in [0.1, 0.15) is 16.1 Å². The molecule has 0 radical (unpaired) electrons. The van der Waals surface area contributed by atoms with Crippen LogP contribution in [0.4, 0.5) is 13.2 Å². The van der Waals surface area contributed by atoms with Gasteiger partial charge in [-0.05, 0) is 42.0 Å². The third-order valence-corrected chi connectivity index (χ3v) is 7.03. The predicted octanol–water partition coefficient (Wildman–Crippen LogP) is 4.88. The van der Waals surface area contributed by atoms with Crippen LogP contribution >= 0.6 is 11.6 Å². The van der Waals surface area contributed by atoms with E-state index in [1.807, 2.05) is 0 Å². The quantitative estimate of drug-likeness (QED) is 0.386. The summed E-state index contributed by atoms with van der Waals surface area (Å²) in [6.45, 7) is 0.114. The lowest BCUT2D eigenvalue weighted by Crippen LogP contribution is -2.23.